The molecule has 10 nitrogen and oxygen atoms in total. The Labute approximate surface area is 182 Å². The molecule has 0 bridgehead atoms. The average Bonchev–Trinajstić information content (AvgIpc) is 3.35. The molecule has 1 fully saturated rings. The summed E-state index contributed by atoms with van der Waals surface area (Å²) in [6.45, 7) is -0.0904. The zero-order valence-corrected chi connectivity index (χ0v) is 17.1. The number of nitrogens with zero attached hydrogens (tertiary/aromatic N) is 4. The third-order valence-electron chi connectivity index (χ3n) is 5.65. The van der Waals surface area contributed by atoms with Gasteiger partial charge in [0.1, 0.15) is 18.3 Å². The van der Waals surface area contributed by atoms with Crippen molar-refractivity contribution in [3.05, 3.63) is 54.4 Å². The number of hydrogen-bond donors (Lipinski definition) is 4. The van der Waals surface area contributed by atoms with Crippen LogP contribution in [0.2, 0.25) is 0 Å². The van der Waals surface area contributed by atoms with Crippen molar-refractivity contribution in [2.75, 3.05) is 18.9 Å². The van der Waals surface area contributed by atoms with Gasteiger partial charge in [-0.15, -0.1) is 0 Å². The Hall–Kier alpha value is -3.31. The first-order chi connectivity index (χ1) is 15.5. The van der Waals surface area contributed by atoms with Crippen LogP contribution in [0.25, 0.3) is 21.9 Å². The molecule has 0 spiro atoms. The maximum absolute atomic E-state index is 10.3. The van der Waals surface area contributed by atoms with Gasteiger partial charge in [-0.1, -0.05) is 42.5 Å². The molecule has 166 valence electrons. The molecule has 1 aliphatic rings. The third-order valence-corrected chi connectivity index (χ3v) is 5.65. The van der Waals surface area contributed by atoms with Crippen molar-refractivity contribution >= 4 is 27.8 Å². The predicted octanol–water partition coefficient (Wildman–Crippen LogP) is 0.795. The summed E-state index contributed by atoms with van der Waals surface area (Å²) in [4.78, 5) is 12.7. The monoisotopic (exact) mass is 437 g/mol. The zero-order valence-electron chi connectivity index (χ0n) is 17.1. The van der Waals surface area contributed by atoms with E-state index in [9.17, 15) is 15.3 Å². The Morgan fingerprint density at radius 3 is 2.66 bits per heavy atom. The van der Waals surface area contributed by atoms with Gasteiger partial charge in [-0.3, -0.25) is 4.57 Å². The molecule has 2 aromatic carbocycles. The highest BCUT2D eigenvalue weighted by Gasteiger charge is 2.44. The van der Waals surface area contributed by atoms with Gasteiger partial charge in [0.15, 0.2) is 23.2 Å². The minimum absolute atomic E-state index is 0.0734. The Morgan fingerprint density at radius 2 is 1.88 bits per heavy atom. The van der Waals surface area contributed by atoms with E-state index in [-0.39, 0.29) is 11.8 Å². The topological polar surface area (TPSA) is 149 Å². The van der Waals surface area contributed by atoms with E-state index in [4.69, 9.17) is 15.2 Å². The van der Waals surface area contributed by atoms with Crippen LogP contribution >= 0.6 is 0 Å². The highest BCUT2D eigenvalue weighted by Crippen LogP contribution is 2.32. The number of hydrogen-bond acceptors (Lipinski definition) is 9. The largest absolute Gasteiger partial charge is 0.463 e. The molecule has 1 saturated heterocycles. The van der Waals surface area contributed by atoms with Crippen LogP contribution in [-0.2, 0) is 11.2 Å². The van der Waals surface area contributed by atoms with Crippen molar-refractivity contribution in [1.82, 2.24) is 19.5 Å². The third kappa shape index (κ3) is 3.63. The highest BCUT2D eigenvalue weighted by atomic mass is 16.6. The summed E-state index contributed by atoms with van der Waals surface area (Å²) < 4.78 is 12.8. The van der Waals surface area contributed by atoms with Crippen molar-refractivity contribution in [3.63, 3.8) is 0 Å². The van der Waals surface area contributed by atoms with Gasteiger partial charge in [0.05, 0.1) is 19.5 Å². The van der Waals surface area contributed by atoms with Crippen LogP contribution in [0.4, 0.5) is 5.82 Å². The normalized spacial score (nSPS) is 23.2. The Morgan fingerprint density at radius 1 is 1.06 bits per heavy atom. The van der Waals surface area contributed by atoms with Crippen molar-refractivity contribution in [3.8, 4) is 6.01 Å². The van der Waals surface area contributed by atoms with Crippen molar-refractivity contribution < 1.29 is 24.8 Å². The van der Waals surface area contributed by atoms with Crippen molar-refractivity contribution in [1.29, 1.82) is 0 Å². The van der Waals surface area contributed by atoms with Crippen LogP contribution in [0.1, 0.15) is 11.8 Å². The maximum Gasteiger partial charge on any atom is 0.320 e. The summed E-state index contributed by atoms with van der Waals surface area (Å²) >= 11 is 0. The molecule has 0 saturated carbocycles. The fourth-order valence-electron chi connectivity index (χ4n) is 3.93. The van der Waals surface area contributed by atoms with E-state index in [0.717, 1.165) is 10.9 Å². The predicted molar refractivity (Wildman–Crippen MR) is 116 cm³/mol. The lowest BCUT2D eigenvalue weighted by Crippen LogP contribution is -2.33. The lowest BCUT2D eigenvalue weighted by molar-refractivity contribution is -0.0511. The van der Waals surface area contributed by atoms with Crippen LogP contribution in [0.3, 0.4) is 0 Å². The van der Waals surface area contributed by atoms with Crippen molar-refractivity contribution in [2.24, 2.45) is 0 Å². The maximum atomic E-state index is 10.3. The number of nitrogens with two attached hydrogens (primary N) is 1. The van der Waals surface area contributed by atoms with Gasteiger partial charge >= 0.3 is 6.01 Å². The number of ether oxygens (including phenoxy) is 2. The SMILES string of the molecule is Nc1nc(OCCc2ccc3ccccc3c2)nc2c1ncn2[C@@H]1O[C@H](CO)C(O)C1O. The van der Waals surface area contributed by atoms with E-state index in [1.165, 1.54) is 16.3 Å². The standard InChI is InChI=1S/C22H23N5O5/c23-19-16-20(27(11-24-16)21-18(30)17(29)15(10-28)32-21)26-22(25-19)31-8-7-12-5-6-13-3-1-2-4-14(13)9-12/h1-6,9,11,15,17-18,21,28-30H,7-8,10H2,(H2,23,25,26)/t15-,17?,18?,21-/m1/s1. The van der Waals surface area contributed by atoms with Gasteiger partial charge in [-0.2, -0.15) is 9.97 Å². The number of aromatic nitrogens is 4. The molecule has 3 heterocycles. The van der Waals surface area contributed by atoms with Gasteiger partial charge in [0.2, 0.25) is 0 Å². The summed E-state index contributed by atoms with van der Waals surface area (Å²) in [5.74, 6) is 0.126. The second-order valence-corrected chi connectivity index (χ2v) is 7.72. The number of benzene rings is 2. The molecule has 4 aromatic rings. The number of nitrogen functional groups attached to an aromatic ring is 1. The molecule has 2 unspecified atom stereocenters. The van der Waals surface area contributed by atoms with Gasteiger partial charge in [-0.25, -0.2) is 4.98 Å². The first-order valence-electron chi connectivity index (χ1n) is 10.3. The molecule has 4 atom stereocenters. The molecule has 5 N–H and O–H groups in total. The molecule has 10 heteroatoms. The Bertz CT molecular complexity index is 1260. The lowest BCUT2D eigenvalue weighted by Gasteiger charge is -2.16. The number of aliphatic hydroxyl groups is 3. The van der Waals surface area contributed by atoms with Gasteiger partial charge in [0, 0.05) is 6.42 Å². The van der Waals surface area contributed by atoms with E-state index < -0.39 is 31.1 Å². The van der Waals surface area contributed by atoms with E-state index >= 15 is 0 Å². The molecule has 32 heavy (non-hydrogen) atoms. The van der Waals surface area contributed by atoms with Crippen LogP contribution in [0, 0.1) is 0 Å². The number of aliphatic hydroxyl groups excluding tert-OH is 3. The fraction of sp³-hybridized carbons (Fsp3) is 0.318. The highest BCUT2D eigenvalue weighted by molar-refractivity contribution is 5.83. The molecule has 0 aliphatic carbocycles. The fourth-order valence-corrected chi connectivity index (χ4v) is 3.93. The van der Waals surface area contributed by atoms with E-state index in [0.29, 0.717) is 24.2 Å². The molecule has 2 aromatic heterocycles. The second-order valence-electron chi connectivity index (χ2n) is 7.72. The quantitative estimate of drug-likeness (QED) is 0.343. The molecular formula is C22H23N5O5. The molecule has 5 rings (SSSR count). The van der Waals surface area contributed by atoms with Crippen LogP contribution < -0.4 is 10.5 Å². The summed E-state index contributed by atoms with van der Waals surface area (Å²) in [6, 6.07) is 14.5. The minimum atomic E-state index is -1.27. The van der Waals surface area contributed by atoms with Crippen LogP contribution in [0.5, 0.6) is 6.01 Å². The van der Waals surface area contributed by atoms with Gasteiger partial charge < -0.3 is 30.5 Å². The summed E-state index contributed by atoms with van der Waals surface area (Å²) in [6.07, 6.45) is -2.34. The number of anilines is 1. The molecule has 0 radical (unpaired) electrons. The number of rotatable bonds is 6. The van der Waals surface area contributed by atoms with E-state index in [1.807, 2.05) is 12.1 Å². The first-order valence-corrected chi connectivity index (χ1v) is 10.3. The summed E-state index contributed by atoms with van der Waals surface area (Å²) in [5.41, 5.74) is 7.77. The van der Waals surface area contributed by atoms with E-state index in [2.05, 4.69) is 45.3 Å². The van der Waals surface area contributed by atoms with Gasteiger partial charge in [0.25, 0.3) is 0 Å². The Kier molecular flexibility index (Phi) is 5.35. The minimum Gasteiger partial charge on any atom is -0.463 e. The smallest absolute Gasteiger partial charge is 0.320 e. The van der Waals surface area contributed by atoms with Crippen LogP contribution in [0.15, 0.2) is 48.8 Å². The first kappa shape index (κ1) is 20.6. The second kappa shape index (κ2) is 8.32. The summed E-state index contributed by atoms with van der Waals surface area (Å²) in [5, 5.41) is 32.1. The van der Waals surface area contributed by atoms with E-state index in [1.54, 1.807) is 0 Å². The van der Waals surface area contributed by atoms with Gasteiger partial charge in [-0.05, 0) is 16.3 Å². The number of imidazole rings is 1. The lowest BCUT2D eigenvalue weighted by atomic mass is 10.1. The molecule has 0 amide bonds. The molecular weight excluding hydrogens is 414 g/mol. The number of fused-ring (bicyclic) bond motifs is 2. The molecule has 1 aliphatic heterocycles. The summed E-state index contributed by atoms with van der Waals surface area (Å²) in [7, 11) is 0. The van der Waals surface area contributed by atoms with Crippen molar-refractivity contribution in [2.45, 2.75) is 31.0 Å². The van der Waals surface area contributed by atoms with Crippen LogP contribution in [-0.4, -0.2) is 66.4 Å². The Balaban J connectivity index is 1.35. The average molecular weight is 437 g/mol. The zero-order chi connectivity index (χ0) is 22.2.